The van der Waals surface area contributed by atoms with Crippen molar-refractivity contribution < 1.29 is 9.13 Å². The fraction of sp³-hybridized carbons (Fsp3) is 0.167. The highest BCUT2D eigenvalue weighted by Gasteiger charge is 2.18. The zero-order chi connectivity index (χ0) is 26.1. The number of fused-ring (bicyclic) bond motifs is 1. The number of hydrogen-bond acceptors (Lipinski definition) is 4. The summed E-state index contributed by atoms with van der Waals surface area (Å²) in [6.45, 7) is 6.16. The maximum Gasteiger partial charge on any atom is 0.282 e. The molecular weight excluding hydrogens is 467 g/mol. The molecule has 2 aromatic heterocycles. The maximum atomic E-state index is 13.7. The van der Waals surface area contributed by atoms with Crippen molar-refractivity contribution in [3.8, 4) is 22.8 Å². The third kappa shape index (κ3) is 4.56. The second-order valence-corrected chi connectivity index (χ2v) is 9.16. The first kappa shape index (κ1) is 24.2. The van der Waals surface area contributed by atoms with E-state index in [1.54, 1.807) is 31.5 Å². The Morgan fingerprint density at radius 3 is 2.51 bits per heavy atom. The Hall–Kier alpha value is -4.52. The summed E-state index contributed by atoms with van der Waals surface area (Å²) in [4.78, 5) is 18.5. The molecule has 0 bridgehead atoms. The van der Waals surface area contributed by atoms with Gasteiger partial charge in [-0.1, -0.05) is 26.0 Å². The number of methoxy groups -OCH3 is 1. The molecule has 5 rings (SSSR count). The van der Waals surface area contributed by atoms with Crippen molar-refractivity contribution in [2.24, 2.45) is 5.10 Å². The van der Waals surface area contributed by atoms with Gasteiger partial charge in [-0.25, -0.2) is 9.37 Å². The van der Waals surface area contributed by atoms with E-state index in [1.165, 1.54) is 16.8 Å². The van der Waals surface area contributed by atoms with Crippen molar-refractivity contribution in [2.45, 2.75) is 26.7 Å². The van der Waals surface area contributed by atoms with Crippen molar-refractivity contribution in [1.82, 2.24) is 14.2 Å². The average Bonchev–Trinajstić information content (AvgIpc) is 3.36. The Labute approximate surface area is 214 Å². The number of aromatic nitrogens is 3. The van der Waals surface area contributed by atoms with Crippen molar-refractivity contribution >= 4 is 17.1 Å². The van der Waals surface area contributed by atoms with Gasteiger partial charge in [-0.3, -0.25) is 4.79 Å². The lowest BCUT2D eigenvalue weighted by Crippen LogP contribution is -2.21. The van der Waals surface area contributed by atoms with E-state index in [1.807, 2.05) is 60.2 Å². The Balaban J connectivity index is 1.71. The van der Waals surface area contributed by atoms with Crippen molar-refractivity contribution in [3.05, 3.63) is 112 Å². The van der Waals surface area contributed by atoms with Crippen molar-refractivity contribution in [1.29, 1.82) is 0 Å². The molecule has 0 spiro atoms. The second-order valence-electron chi connectivity index (χ2n) is 9.16. The number of hydrogen-bond donors (Lipinski definition) is 0. The standard InChI is InChI=1S/C30H27FN4O2/c1-19(2)25-17-26(20(3)16-28(25)37-4)29-33-27-10-6-5-9-24(27)30(36)35(29)32-18-23-8-7-15-34(23)22-13-11-21(31)12-14-22/h5-19H,1-4H3. The molecule has 0 aliphatic heterocycles. The summed E-state index contributed by atoms with van der Waals surface area (Å²) in [5, 5.41) is 5.11. The molecule has 2 heterocycles. The molecule has 7 heteroatoms. The first-order chi connectivity index (χ1) is 17.9. The molecule has 0 N–H and O–H groups in total. The molecule has 186 valence electrons. The molecule has 37 heavy (non-hydrogen) atoms. The normalized spacial score (nSPS) is 11.6. The Morgan fingerprint density at radius 1 is 1.03 bits per heavy atom. The molecule has 0 aliphatic rings. The van der Waals surface area contributed by atoms with Gasteiger partial charge in [0.2, 0.25) is 0 Å². The van der Waals surface area contributed by atoms with Crippen LogP contribution >= 0.6 is 0 Å². The minimum absolute atomic E-state index is 0.206. The van der Waals surface area contributed by atoms with Crippen LogP contribution in [-0.2, 0) is 0 Å². The Kier molecular flexibility index (Phi) is 6.44. The SMILES string of the molecule is COc1cc(C)c(-c2nc3ccccc3c(=O)n2N=Cc2cccn2-c2ccc(F)cc2)cc1C(C)C. The van der Waals surface area contributed by atoms with Gasteiger partial charge < -0.3 is 9.30 Å². The zero-order valence-corrected chi connectivity index (χ0v) is 21.1. The van der Waals surface area contributed by atoms with E-state index in [4.69, 9.17) is 9.72 Å². The molecular formula is C30H27FN4O2. The van der Waals surface area contributed by atoms with E-state index in [0.717, 1.165) is 33.8 Å². The minimum atomic E-state index is -0.305. The molecule has 0 radical (unpaired) electrons. The first-order valence-electron chi connectivity index (χ1n) is 12.1. The van der Waals surface area contributed by atoms with E-state index < -0.39 is 0 Å². The van der Waals surface area contributed by atoms with Crippen LogP contribution < -0.4 is 10.3 Å². The predicted octanol–water partition coefficient (Wildman–Crippen LogP) is 6.32. The molecule has 0 amide bonds. The van der Waals surface area contributed by atoms with Gasteiger partial charge in [-0.2, -0.15) is 9.78 Å². The van der Waals surface area contributed by atoms with E-state index in [2.05, 4.69) is 18.9 Å². The topological polar surface area (TPSA) is 61.4 Å². The van der Waals surface area contributed by atoms with Crippen LogP contribution in [0.2, 0.25) is 0 Å². The van der Waals surface area contributed by atoms with Crippen LogP contribution in [0.5, 0.6) is 5.75 Å². The van der Waals surface area contributed by atoms with Gasteiger partial charge in [-0.05, 0) is 84.6 Å². The number of benzene rings is 3. The second kappa shape index (κ2) is 9.85. The van der Waals surface area contributed by atoms with Gasteiger partial charge in [0.25, 0.3) is 5.56 Å². The van der Waals surface area contributed by atoms with Crippen LogP contribution in [0.15, 0.2) is 88.9 Å². The number of para-hydroxylation sites is 1. The average molecular weight is 495 g/mol. The van der Waals surface area contributed by atoms with Crippen LogP contribution in [0.25, 0.3) is 28.0 Å². The maximum absolute atomic E-state index is 13.7. The summed E-state index contributed by atoms with van der Waals surface area (Å²) in [6, 6.07) is 21.2. The number of halogens is 1. The summed E-state index contributed by atoms with van der Waals surface area (Å²) in [7, 11) is 1.66. The lowest BCUT2D eigenvalue weighted by Gasteiger charge is -2.17. The number of aryl methyl sites for hydroxylation is 1. The summed E-state index contributed by atoms with van der Waals surface area (Å²) in [5.74, 6) is 1.14. The highest BCUT2D eigenvalue weighted by Crippen LogP contribution is 2.34. The fourth-order valence-electron chi connectivity index (χ4n) is 4.43. The van der Waals surface area contributed by atoms with Gasteiger partial charge in [-0.15, -0.1) is 0 Å². The highest BCUT2D eigenvalue weighted by molar-refractivity contribution is 5.82. The summed E-state index contributed by atoms with van der Waals surface area (Å²) in [6.07, 6.45) is 3.48. The molecule has 6 nitrogen and oxygen atoms in total. The predicted molar refractivity (Wildman–Crippen MR) is 146 cm³/mol. The molecule has 5 aromatic rings. The Bertz CT molecular complexity index is 1680. The first-order valence-corrected chi connectivity index (χ1v) is 12.1. The molecule has 0 unspecified atom stereocenters. The molecule has 0 saturated heterocycles. The number of ether oxygens (including phenoxy) is 1. The molecule has 0 aliphatic carbocycles. The monoisotopic (exact) mass is 494 g/mol. The summed E-state index contributed by atoms with van der Waals surface area (Å²) < 4.78 is 22.3. The lowest BCUT2D eigenvalue weighted by molar-refractivity contribution is 0.407. The fourth-order valence-corrected chi connectivity index (χ4v) is 4.43. The van der Waals surface area contributed by atoms with Crippen molar-refractivity contribution in [3.63, 3.8) is 0 Å². The van der Waals surface area contributed by atoms with Crippen LogP contribution in [0.4, 0.5) is 4.39 Å². The van der Waals surface area contributed by atoms with Crippen LogP contribution in [0.3, 0.4) is 0 Å². The third-order valence-corrected chi connectivity index (χ3v) is 6.38. The van der Waals surface area contributed by atoms with Crippen LogP contribution in [0.1, 0.15) is 36.6 Å². The van der Waals surface area contributed by atoms with Crippen molar-refractivity contribution in [2.75, 3.05) is 7.11 Å². The molecule has 0 fully saturated rings. The van der Waals surface area contributed by atoms with Gasteiger partial charge in [0, 0.05) is 17.4 Å². The molecule has 3 aromatic carbocycles. The van der Waals surface area contributed by atoms with E-state index in [9.17, 15) is 9.18 Å². The quantitative estimate of drug-likeness (QED) is 0.260. The zero-order valence-electron chi connectivity index (χ0n) is 21.1. The highest BCUT2D eigenvalue weighted by atomic mass is 19.1. The van der Waals surface area contributed by atoms with Gasteiger partial charge in [0.1, 0.15) is 11.6 Å². The summed E-state index contributed by atoms with van der Waals surface area (Å²) >= 11 is 0. The van der Waals surface area contributed by atoms with Gasteiger partial charge >= 0.3 is 0 Å². The summed E-state index contributed by atoms with van der Waals surface area (Å²) in [5.41, 5.74) is 4.59. The van der Waals surface area contributed by atoms with E-state index >= 15 is 0 Å². The smallest absolute Gasteiger partial charge is 0.282 e. The Morgan fingerprint density at radius 2 is 1.78 bits per heavy atom. The van der Waals surface area contributed by atoms with Crippen LogP contribution in [0, 0.1) is 12.7 Å². The van der Waals surface area contributed by atoms with Gasteiger partial charge in [0.05, 0.1) is 29.9 Å². The molecule has 0 saturated carbocycles. The van der Waals surface area contributed by atoms with E-state index in [-0.39, 0.29) is 17.3 Å². The van der Waals surface area contributed by atoms with E-state index in [0.29, 0.717) is 16.7 Å². The van der Waals surface area contributed by atoms with Crippen LogP contribution in [-0.4, -0.2) is 27.6 Å². The number of rotatable bonds is 6. The van der Waals surface area contributed by atoms with Gasteiger partial charge in [0.15, 0.2) is 5.82 Å². The molecule has 0 atom stereocenters. The minimum Gasteiger partial charge on any atom is -0.496 e. The number of nitrogens with zero attached hydrogens (tertiary/aromatic N) is 4. The lowest BCUT2D eigenvalue weighted by atomic mass is 9.96. The largest absolute Gasteiger partial charge is 0.496 e. The third-order valence-electron chi connectivity index (χ3n) is 6.38.